The number of carbonyl (C=O) groups excluding carboxylic acids is 1. The third kappa shape index (κ3) is 3.87. The fraction of sp³-hybridized carbons (Fsp3) is 0.273. The topological polar surface area (TPSA) is 56.2 Å². The molecule has 3 aromatic rings. The fourth-order valence-corrected chi connectivity index (χ4v) is 4.67. The van der Waals surface area contributed by atoms with Crippen molar-refractivity contribution >= 4 is 23.5 Å². The van der Waals surface area contributed by atoms with Gasteiger partial charge in [-0.1, -0.05) is 18.2 Å². The van der Waals surface area contributed by atoms with Crippen LogP contribution < -0.4 is 10.1 Å². The van der Waals surface area contributed by atoms with Crippen LogP contribution in [0.1, 0.15) is 35.9 Å². The van der Waals surface area contributed by atoms with Crippen molar-refractivity contribution in [3.8, 4) is 11.4 Å². The van der Waals surface area contributed by atoms with E-state index in [1.54, 1.807) is 28.6 Å². The third-order valence-corrected chi connectivity index (χ3v) is 5.89. The maximum atomic E-state index is 13.4. The highest BCUT2D eigenvalue weighted by atomic mass is 32.2. The van der Waals surface area contributed by atoms with Crippen LogP contribution in [0.4, 0.5) is 10.2 Å². The van der Waals surface area contributed by atoms with Crippen LogP contribution in [0, 0.1) is 12.7 Å². The van der Waals surface area contributed by atoms with Gasteiger partial charge >= 0.3 is 0 Å². The number of aromatic nitrogens is 2. The van der Waals surface area contributed by atoms with Gasteiger partial charge in [-0.25, -0.2) is 9.07 Å². The lowest BCUT2D eigenvalue weighted by Crippen LogP contribution is -2.15. The molecule has 1 amide bonds. The van der Waals surface area contributed by atoms with Crippen LogP contribution in [0.2, 0.25) is 0 Å². The summed E-state index contributed by atoms with van der Waals surface area (Å²) in [6.07, 6.45) is 0.0363. The van der Waals surface area contributed by atoms with Crippen molar-refractivity contribution in [2.24, 2.45) is 0 Å². The number of rotatable bonds is 4. The van der Waals surface area contributed by atoms with Gasteiger partial charge in [0.2, 0.25) is 5.91 Å². The van der Waals surface area contributed by atoms with Gasteiger partial charge in [0.1, 0.15) is 17.4 Å². The van der Waals surface area contributed by atoms with E-state index in [0.29, 0.717) is 17.3 Å². The molecule has 0 bridgehead atoms. The minimum absolute atomic E-state index is 0.0363. The molecule has 2 aromatic carbocycles. The van der Waals surface area contributed by atoms with E-state index in [2.05, 4.69) is 10.4 Å². The number of amides is 1. The van der Waals surface area contributed by atoms with Crippen LogP contribution in [0.3, 0.4) is 0 Å². The van der Waals surface area contributed by atoms with Crippen molar-refractivity contribution in [1.82, 2.24) is 9.78 Å². The largest absolute Gasteiger partial charge is 0.491 e. The van der Waals surface area contributed by atoms with Crippen LogP contribution in [0.15, 0.2) is 48.5 Å². The Bertz CT molecular complexity index is 1050. The molecule has 0 fully saturated rings. The molecular weight excluding hydrogens is 389 g/mol. The van der Waals surface area contributed by atoms with Gasteiger partial charge in [-0.15, -0.1) is 11.8 Å². The zero-order valence-electron chi connectivity index (χ0n) is 16.5. The number of fused-ring (bicyclic) bond motifs is 1. The highest BCUT2D eigenvalue weighted by Crippen LogP contribution is 2.46. The quantitative estimate of drug-likeness (QED) is 0.665. The Morgan fingerprint density at radius 2 is 1.93 bits per heavy atom. The summed E-state index contributed by atoms with van der Waals surface area (Å²) in [5, 5.41) is 7.53. The summed E-state index contributed by atoms with van der Waals surface area (Å²) >= 11 is 1.55. The van der Waals surface area contributed by atoms with E-state index < -0.39 is 0 Å². The molecule has 1 atom stereocenters. The number of nitrogens with one attached hydrogen (secondary N) is 1. The molecule has 0 saturated heterocycles. The Labute approximate surface area is 173 Å². The molecule has 0 aliphatic carbocycles. The summed E-state index contributed by atoms with van der Waals surface area (Å²) in [6, 6.07) is 14.0. The monoisotopic (exact) mass is 411 g/mol. The fourth-order valence-electron chi connectivity index (χ4n) is 3.46. The maximum absolute atomic E-state index is 13.4. The van der Waals surface area contributed by atoms with E-state index >= 15 is 0 Å². The van der Waals surface area contributed by atoms with Gasteiger partial charge in [-0.2, -0.15) is 5.10 Å². The van der Waals surface area contributed by atoms with Crippen LogP contribution in [0.25, 0.3) is 5.69 Å². The number of hydrogen-bond donors (Lipinski definition) is 1. The van der Waals surface area contributed by atoms with E-state index in [0.717, 1.165) is 22.6 Å². The number of nitrogens with zero attached hydrogens (tertiary/aromatic N) is 2. The number of thioether (sulfide) groups is 1. The average Bonchev–Trinajstić information content (AvgIpc) is 2.89. The Morgan fingerprint density at radius 1 is 1.21 bits per heavy atom. The highest BCUT2D eigenvalue weighted by molar-refractivity contribution is 8.00. The first-order valence-electron chi connectivity index (χ1n) is 9.46. The SMILES string of the molecule is Cc1nn(-c2ccc(F)cc2)c2c1[C@H](c1ccccc1OC(C)C)SCC(=O)N2. The Morgan fingerprint density at radius 3 is 2.66 bits per heavy atom. The molecule has 2 heterocycles. The summed E-state index contributed by atoms with van der Waals surface area (Å²) in [5.74, 6) is 1.32. The predicted octanol–water partition coefficient (Wildman–Crippen LogP) is 4.88. The zero-order chi connectivity index (χ0) is 20.5. The summed E-state index contributed by atoms with van der Waals surface area (Å²) in [7, 11) is 0. The van der Waals surface area contributed by atoms with E-state index in [9.17, 15) is 9.18 Å². The third-order valence-electron chi connectivity index (χ3n) is 4.64. The summed E-state index contributed by atoms with van der Waals surface area (Å²) in [6.45, 7) is 5.91. The van der Waals surface area contributed by atoms with Gasteiger partial charge in [0.15, 0.2) is 0 Å². The van der Waals surface area contributed by atoms with Crippen molar-refractivity contribution < 1.29 is 13.9 Å². The summed E-state index contributed by atoms with van der Waals surface area (Å²) in [5.41, 5.74) is 3.44. The minimum Gasteiger partial charge on any atom is -0.491 e. The number of carbonyl (C=O) groups is 1. The Kier molecular flexibility index (Phi) is 5.32. The maximum Gasteiger partial charge on any atom is 0.235 e. The number of aryl methyl sites for hydroxylation is 1. The molecule has 0 unspecified atom stereocenters. The van der Waals surface area contributed by atoms with Gasteiger partial charge < -0.3 is 10.1 Å². The van der Waals surface area contributed by atoms with E-state index in [1.807, 2.05) is 45.0 Å². The lowest BCUT2D eigenvalue weighted by Gasteiger charge is -2.20. The molecule has 0 saturated carbocycles. The van der Waals surface area contributed by atoms with Crippen molar-refractivity contribution in [2.75, 3.05) is 11.1 Å². The molecule has 4 rings (SSSR count). The van der Waals surface area contributed by atoms with Crippen molar-refractivity contribution in [2.45, 2.75) is 32.1 Å². The van der Waals surface area contributed by atoms with Crippen molar-refractivity contribution in [1.29, 1.82) is 0 Å². The first kappa shape index (κ1) is 19.5. The number of ether oxygens (including phenoxy) is 1. The molecule has 1 aliphatic rings. The van der Waals surface area contributed by atoms with Crippen LogP contribution in [0.5, 0.6) is 5.75 Å². The average molecular weight is 412 g/mol. The predicted molar refractivity (Wildman–Crippen MR) is 113 cm³/mol. The summed E-state index contributed by atoms with van der Waals surface area (Å²) < 4.78 is 21.1. The van der Waals surface area contributed by atoms with E-state index in [-0.39, 0.29) is 23.1 Å². The van der Waals surface area contributed by atoms with Gasteiger partial charge in [0.25, 0.3) is 0 Å². The second-order valence-electron chi connectivity index (χ2n) is 7.18. The van der Waals surface area contributed by atoms with Crippen LogP contribution in [-0.2, 0) is 4.79 Å². The van der Waals surface area contributed by atoms with Crippen molar-refractivity contribution in [3.63, 3.8) is 0 Å². The number of benzene rings is 2. The number of anilines is 1. The van der Waals surface area contributed by atoms with Crippen LogP contribution in [-0.4, -0.2) is 27.5 Å². The van der Waals surface area contributed by atoms with E-state index in [1.165, 1.54) is 12.1 Å². The Balaban J connectivity index is 1.87. The molecule has 1 aliphatic heterocycles. The first-order chi connectivity index (χ1) is 13.9. The van der Waals surface area contributed by atoms with Gasteiger partial charge in [0, 0.05) is 11.1 Å². The number of halogens is 1. The molecule has 150 valence electrons. The van der Waals surface area contributed by atoms with Gasteiger partial charge in [-0.05, 0) is 51.1 Å². The molecule has 1 N–H and O–H groups in total. The van der Waals surface area contributed by atoms with Gasteiger partial charge in [-0.3, -0.25) is 4.79 Å². The van der Waals surface area contributed by atoms with Gasteiger partial charge in [0.05, 0.1) is 28.5 Å². The lowest BCUT2D eigenvalue weighted by molar-refractivity contribution is -0.113. The smallest absolute Gasteiger partial charge is 0.235 e. The standard InChI is InChI=1S/C22H22FN3O2S/c1-13(2)28-18-7-5-4-6-17(18)21-20-14(3)25-26(16-10-8-15(23)9-11-16)22(20)24-19(27)12-29-21/h4-11,13,21H,12H2,1-3H3,(H,24,27)/t21-/m0/s1. The molecule has 1 aromatic heterocycles. The molecular formula is C22H22FN3O2S. The molecule has 7 heteroatoms. The Hall–Kier alpha value is -2.80. The van der Waals surface area contributed by atoms with Crippen molar-refractivity contribution in [3.05, 3.63) is 71.2 Å². The first-order valence-corrected chi connectivity index (χ1v) is 10.5. The number of hydrogen-bond acceptors (Lipinski definition) is 4. The highest BCUT2D eigenvalue weighted by Gasteiger charge is 2.32. The summed E-state index contributed by atoms with van der Waals surface area (Å²) in [4.78, 5) is 12.5. The molecule has 0 spiro atoms. The zero-order valence-corrected chi connectivity index (χ0v) is 17.3. The molecule has 5 nitrogen and oxygen atoms in total. The van der Waals surface area contributed by atoms with E-state index in [4.69, 9.17) is 4.74 Å². The normalized spacial score (nSPS) is 16.3. The number of para-hydroxylation sites is 1. The second kappa shape index (κ2) is 7.91. The second-order valence-corrected chi connectivity index (χ2v) is 8.27. The molecule has 29 heavy (non-hydrogen) atoms. The minimum atomic E-state index is -0.319. The molecule has 0 radical (unpaired) electrons. The lowest BCUT2D eigenvalue weighted by atomic mass is 10.0. The van der Waals surface area contributed by atoms with Crippen LogP contribution >= 0.6 is 11.8 Å².